The minimum Gasteiger partial charge on any atom is -0.507 e. The highest BCUT2D eigenvalue weighted by molar-refractivity contribution is 7.22. The number of carbonyl (C=O) groups is 2. The van der Waals surface area contributed by atoms with Crippen LogP contribution >= 0.6 is 11.3 Å². The first kappa shape index (κ1) is 22.5. The molecule has 0 aliphatic carbocycles. The van der Waals surface area contributed by atoms with Crippen molar-refractivity contribution in [3.8, 4) is 11.5 Å². The molecule has 0 radical (unpaired) electrons. The van der Waals surface area contributed by atoms with Gasteiger partial charge in [-0.25, -0.2) is 4.98 Å². The third-order valence-electron chi connectivity index (χ3n) is 5.67. The molecule has 1 saturated heterocycles. The van der Waals surface area contributed by atoms with Crippen LogP contribution < -0.4 is 14.4 Å². The minimum absolute atomic E-state index is 0.0243. The number of fused-ring (bicyclic) bond motifs is 1. The van der Waals surface area contributed by atoms with E-state index in [1.807, 2.05) is 25.1 Å². The third kappa shape index (κ3) is 4.00. The Morgan fingerprint density at radius 2 is 1.89 bits per heavy atom. The molecule has 1 unspecified atom stereocenters. The standard InChI is InChI=1S/C26H21N3O5S/c1-3-34-18-7-8-19-20(14-18)35-26(28-19)29-22(16-5-4-6-17(13-16)33-2)21(24(31)25(29)32)23(30)15-9-11-27-12-10-15/h4-14,22,30H,3H2,1-2H3. The zero-order valence-electron chi connectivity index (χ0n) is 19.0. The Morgan fingerprint density at radius 3 is 2.63 bits per heavy atom. The lowest BCUT2D eigenvalue weighted by Crippen LogP contribution is -2.29. The predicted molar refractivity (Wildman–Crippen MR) is 133 cm³/mol. The lowest BCUT2D eigenvalue weighted by molar-refractivity contribution is -0.132. The number of ketones is 1. The maximum atomic E-state index is 13.4. The fourth-order valence-electron chi connectivity index (χ4n) is 4.07. The largest absolute Gasteiger partial charge is 0.507 e. The van der Waals surface area contributed by atoms with Crippen LogP contribution in [0.2, 0.25) is 0 Å². The number of nitrogens with zero attached hydrogens (tertiary/aromatic N) is 3. The van der Waals surface area contributed by atoms with Crippen molar-refractivity contribution in [1.82, 2.24) is 9.97 Å². The molecule has 0 spiro atoms. The van der Waals surface area contributed by atoms with E-state index >= 15 is 0 Å². The first-order chi connectivity index (χ1) is 17.0. The second-order valence-corrected chi connectivity index (χ2v) is 8.75. The fraction of sp³-hybridized carbons (Fsp3) is 0.154. The summed E-state index contributed by atoms with van der Waals surface area (Å²) in [5.74, 6) is -0.582. The highest BCUT2D eigenvalue weighted by Crippen LogP contribution is 2.45. The molecule has 4 aromatic rings. The maximum Gasteiger partial charge on any atom is 0.301 e. The van der Waals surface area contributed by atoms with Crippen LogP contribution in [0, 0.1) is 0 Å². The number of thiazole rings is 1. The van der Waals surface area contributed by atoms with Crippen molar-refractivity contribution < 1.29 is 24.2 Å². The number of amides is 1. The van der Waals surface area contributed by atoms with Crippen molar-refractivity contribution in [3.63, 3.8) is 0 Å². The molecular formula is C26H21N3O5S. The molecule has 0 saturated carbocycles. The zero-order valence-corrected chi connectivity index (χ0v) is 19.8. The zero-order chi connectivity index (χ0) is 24.5. The molecule has 35 heavy (non-hydrogen) atoms. The van der Waals surface area contributed by atoms with Gasteiger partial charge in [0, 0.05) is 18.0 Å². The molecule has 2 aromatic carbocycles. The van der Waals surface area contributed by atoms with Gasteiger partial charge in [-0.1, -0.05) is 23.5 Å². The lowest BCUT2D eigenvalue weighted by Gasteiger charge is -2.23. The van der Waals surface area contributed by atoms with Gasteiger partial charge in [0.15, 0.2) is 5.13 Å². The summed E-state index contributed by atoms with van der Waals surface area (Å²) in [4.78, 5) is 36.6. The van der Waals surface area contributed by atoms with E-state index in [0.29, 0.717) is 39.9 Å². The topological polar surface area (TPSA) is 102 Å². The monoisotopic (exact) mass is 487 g/mol. The van der Waals surface area contributed by atoms with E-state index in [1.165, 1.54) is 35.7 Å². The first-order valence-electron chi connectivity index (χ1n) is 10.9. The van der Waals surface area contributed by atoms with Gasteiger partial charge >= 0.3 is 5.91 Å². The molecule has 8 nitrogen and oxygen atoms in total. The number of hydrogen-bond acceptors (Lipinski definition) is 8. The second kappa shape index (κ2) is 9.19. The van der Waals surface area contributed by atoms with Crippen LogP contribution in [0.5, 0.6) is 11.5 Å². The molecule has 2 aromatic heterocycles. The highest BCUT2D eigenvalue weighted by atomic mass is 32.1. The molecular weight excluding hydrogens is 466 g/mol. The van der Waals surface area contributed by atoms with Crippen molar-refractivity contribution in [2.45, 2.75) is 13.0 Å². The van der Waals surface area contributed by atoms with Crippen LogP contribution in [0.4, 0.5) is 5.13 Å². The summed E-state index contributed by atoms with van der Waals surface area (Å²) in [5, 5.41) is 11.5. The number of pyridine rings is 1. The van der Waals surface area contributed by atoms with E-state index in [2.05, 4.69) is 9.97 Å². The molecule has 3 heterocycles. The quantitative estimate of drug-likeness (QED) is 0.238. The van der Waals surface area contributed by atoms with Crippen LogP contribution in [0.1, 0.15) is 24.1 Å². The molecule has 0 bridgehead atoms. The molecule has 9 heteroatoms. The van der Waals surface area contributed by atoms with Crippen molar-refractivity contribution >= 4 is 44.1 Å². The maximum absolute atomic E-state index is 13.4. The SMILES string of the molecule is CCOc1ccc2nc(N3C(=O)C(=O)C(=C(O)c4ccncc4)C3c3cccc(OC)c3)sc2c1. The average molecular weight is 488 g/mol. The summed E-state index contributed by atoms with van der Waals surface area (Å²) in [7, 11) is 1.54. The Balaban J connectivity index is 1.70. The number of Topliss-reactive ketones (excluding diaryl/α,β-unsaturated/α-hetero) is 1. The Labute approximate surface area is 205 Å². The van der Waals surface area contributed by atoms with Crippen LogP contribution in [0.3, 0.4) is 0 Å². The van der Waals surface area contributed by atoms with Gasteiger partial charge in [-0.05, 0) is 55.0 Å². The number of rotatable bonds is 6. The van der Waals surface area contributed by atoms with E-state index in [9.17, 15) is 14.7 Å². The van der Waals surface area contributed by atoms with Crippen LogP contribution in [0.15, 0.2) is 72.6 Å². The molecule has 1 amide bonds. The number of carbonyl (C=O) groups excluding carboxylic acids is 2. The molecule has 1 atom stereocenters. The van der Waals surface area contributed by atoms with Gasteiger partial charge in [0.1, 0.15) is 17.3 Å². The number of aliphatic hydroxyl groups excluding tert-OH is 1. The number of anilines is 1. The number of hydrogen-bond donors (Lipinski definition) is 1. The fourth-order valence-corrected chi connectivity index (χ4v) is 5.10. The van der Waals surface area contributed by atoms with Crippen molar-refractivity contribution in [2.24, 2.45) is 0 Å². The number of ether oxygens (including phenoxy) is 2. The second-order valence-electron chi connectivity index (χ2n) is 7.74. The van der Waals surface area contributed by atoms with Gasteiger partial charge in [-0.2, -0.15) is 0 Å². The number of aliphatic hydroxyl groups is 1. The van der Waals surface area contributed by atoms with Crippen LogP contribution in [-0.2, 0) is 9.59 Å². The molecule has 1 fully saturated rings. The molecule has 1 aliphatic rings. The summed E-state index contributed by atoms with van der Waals surface area (Å²) in [6.45, 7) is 2.43. The van der Waals surface area contributed by atoms with Gasteiger partial charge in [-0.15, -0.1) is 0 Å². The molecule has 1 N–H and O–H groups in total. The van der Waals surface area contributed by atoms with Gasteiger partial charge in [0.25, 0.3) is 5.78 Å². The molecule has 176 valence electrons. The van der Waals surface area contributed by atoms with Gasteiger partial charge in [-0.3, -0.25) is 19.5 Å². The smallest absolute Gasteiger partial charge is 0.301 e. The normalized spacial score (nSPS) is 17.2. The summed E-state index contributed by atoms with van der Waals surface area (Å²) in [6.07, 6.45) is 3.02. The number of methoxy groups -OCH3 is 1. The summed E-state index contributed by atoms with van der Waals surface area (Å²) < 4.78 is 11.8. The Morgan fingerprint density at radius 1 is 1.09 bits per heavy atom. The Kier molecular flexibility index (Phi) is 5.92. The Hall–Kier alpha value is -4.24. The minimum atomic E-state index is -0.898. The van der Waals surface area contributed by atoms with E-state index < -0.39 is 17.7 Å². The first-order valence-corrected chi connectivity index (χ1v) is 11.7. The third-order valence-corrected chi connectivity index (χ3v) is 6.69. The number of benzene rings is 2. The van der Waals surface area contributed by atoms with E-state index in [-0.39, 0.29) is 11.3 Å². The Bertz CT molecular complexity index is 1460. The van der Waals surface area contributed by atoms with Crippen LogP contribution in [0.25, 0.3) is 16.0 Å². The van der Waals surface area contributed by atoms with Gasteiger partial charge in [0.2, 0.25) is 0 Å². The van der Waals surface area contributed by atoms with Crippen molar-refractivity contribution in [2.75, 3.05) is 18.6 Å². The highest BCUT2D eigenvalue weighted by Gasteiger charge is 2.48. The summed E-state index contributed by atoms with van der Waals surface area (Å²) in [6, 6.07) is 14.8. The van der Waals surface area contributed by atoms with Gasteiger partial charge < -0.3 is 14.6 Å². The number of aromatic nitrogens is 2. The van der Waals surface area contributed by atoms with Crippen molar-refractivity contribution in [1.29, 1.82) is 0 Å². The van der Waals surface area contributed by atoms with Gasteiger partial charge in [0.05, 0.1) is 35.5 Å². The summed E-state index contributed by atoms with van der Waals surface area (Å²) >= 11 is 1.27. The van der Waals surface area contributed by atoms with E-state index in [4.69, 9.17) is 9.47 Å². The lowest BCUT2D eigenvalue weighted by atomic mass is 9.95. The van der Waals surface area contributed by atoms with E-state index in [0.717, 1.165) is 4.70 Å². The average Bonchev–Trinajstić information content (AvgIpc) is 3.42. The molecule has 1 aliphatic heterocycles. The van der Waals surface area contributed by atoms with E-state index in [1.54, 1.807) is 36.4 Å². The van der Waals surface area contributed by atoms with Crippen molar-refractivity contribution in [3.05, 3.63) is 83.7 Å². The molecule has 5 rings (SSSR count). The van der Waals surface area contributed by atoms with Crippen LogP contribution in [-0.4, -0.2) is 40.5 Å². The predicted octanol–water partition coefficient (Wildman–Crippen LogP) is 4.72. The summed E-state index contributed by atoms with van der Waals surface area (Å²) in [5.41, 5.74) is 1.64.